The quantitative estimate of drug-likeness (QED) is 0.803. The Kier molecular flexibility index (Phi) is 3.34. The standard InChI is InChI=1S/C15H15F4NO2/c16-10-6-9(21)7-11-12(10)14(4-2-1-3-5-14)13(22)20(11)8-15(17,18)19/h6-7,21H,1-5,8H2. The maximum absolute atomic E-state index is 14.3. The number of rotatable bonds is 1. The second kappa shape index (κ2) is 4.86. The molecule has 0 bridgehead atoms. The summed E-state index contributed by atoms with van der Waals surface area (Å²) in [6, 6.07) is 1.91. The van der Waals surface area contributed by atoms with Crippen LogP contribution in [0.15, 0.2) is 12.1 Å². The van der Waals surface area contributed by atoms with Crippen molar-refractivity contribution in [1.82, 2.24) is 0 Å². The first-order chi connectivity index (χ1) is 10.2. The monoisotopic (exact) mass is 317 g/mol. The number of hydrogen-bond acceptors (Lipinski definition) is 2. The van der Waals surface area contributed by atoms with Gasteiger partial charge in [0.05, 0.1) is 11.1 Å². The number of phenols is 1. The Hall–Kier alpha value is -1.79. The van der Waals surface area contributed by atoms with Gasteiger partial charge in [0.1, 0.15) is 18.1 Å². The third kappa shape index (κ3) is 2.23. The van der Waals surface area contributed by atoms with Crippen LogP contribution in [0.2, 0.25) is 0 Å². The maximum Gasteiger partial charge on any atom is 0.406 e. The topological polar surface area (TPSA) is 40.5 Å². The highest BCUT2D eigenvalue weighted by Gasteiger charge is 2.54. The molecule has 1 aliphatic carbocycles. The van der Waals surface area contributed by atoms with E-state index in [4.69, 9.17) is 0 Å². The van der Waals surface area contributed by atoms with Gasteiger partial charge in [-0.05, 0) is 12.8 Å². The molecule has 0 radical (unpaired) electrons. The minimum Gasteiger partial charge on any atom is -0.508 e. The van der Waals surface area contributed by atoms with E-state index in [-0.39, 0.29) is 11.3 Å². The molecular weight excluding hydrogens is 302 g/mol. The summed E-state index contributed by atoms with van der Waals surface area (Å²) in [7, 11) is 0. The number of halogens is 4. The molecule has 1 aromatic carbocycles. The number of fused-ring (bicyclic) bond motifs is 2. The van der Waals surface area contributed by atoms with Gasteiger partial charge in [0.2, 0.25) is 5.91 Å². The molecule has 1 aromatic rings. The molecule has 1 N–H and O–H groups in total. The van der Waals surface area contributed by atoms with Gasteiger partial charge < -0.3 is 10.0 Å². The molecule has 0 aromatic heterocycles. The van der Waals surface area contributed by atoms with Crippen LogP contribution in [0.5, 0.6) is 5.75 Å². The van der Waals surface area contributed by atoms with Crippen molar-refractivity contribution in [1.29, 1.82) is 0 Å². The van der Waals surface area contributed by atoms with Crippen molar-refractivity contribution in [2.75, 3.05) is 11.4 Å². The van der Waals surface area contributed by atoms with Crippen molar-refractivity contribution < 1.29 is 27.5 Å². The van der Waals surface area contributed by atoms with Gasteiger partial charge in [-0.15, -0.1) is 0 Å². The van der Waals surface area contributed by atoms with E-state index in [1.54, 1.807) is 0 Å². The van der Waals surface area contributed by atoms with Gasteiger partial charge in [-0.1, -0.05) is 19.3 Å². The Bertz CT molecular complexity index is 621. The average molecular weight is 317 g/mol. The summed E-state index contributed by atoms with van der Waals surface area (Å²) in [6.07, 6.45) is -1.68. The van der Waals surface area contributed by atoms with Crippen LogP contribution in [-0.4, -0.2) is 23.7 Å². The fraction of sp³-hybridized carbons (Fsp3) is 0.533. The van der Waals surface area contributed by atoms with Crippen LogP contribution in [-0.2, 0) is 10.2 Å². The second-order valence-electron chi connectivity index (χ2n) is 5.97. The normalized spacial score (nSPS) is 20.5. The Balaban J connectivity index is 2.16. The molecule has 1 heterocycles. The van der Waals surface area contributed by atoms with Crippen molar-refractivity contribution in [2.24, 2.45) is 0 Å². The van der Waals surface area contributed by atoms with E-state index >= 15 is 0 Å². The number of phenolic OH excluding ortho intramolecular Hbond substituents is 1. The minimum atomic E-state index is -4.59. The summed E-state index contributed by atoms with van der Waals surface area (Å²) in [5, 5.41) is 9.51. The number of amides is 1. The Morgan fingerprint density at radius 1 is 1.18 bits per heavy atom. The number of hydrogen-bond donors (Lipinski definition) is 1. The SMILES string of the molecule is O=C1N(CC(F)(F)F)c2cc(O)cc(F)c2C12CCCCC2. The molecule has 1 saturated carbocycles. The van der Waals surface area contributed by atoms with Crippen molar-refractivity contribution in [3.05, 3.63) is 23.5 Å². The van der Waals surface area contributed by atoms with Gasteiger partial charge in [-0.25, -0.2) is 4.39 Å². The summed E-state index contributed by atoms with van der Waals surface area (Å²) < 4.78 is 52.7. The van der Waals surface area contributed by atoms with E-state index < -0.39 is 35.6 Å². The second-order valence-corrected chi connectivity index (χ2v) is 5.97. The average Bonchev–Trinajstić information content (AvgIpc) is 2.61. The van der Waals surface area contributed by atoms with Crippen molar-refractivity contribution in [3.63, 3.8) is 0 Å². The summed E-state index contributed by atoms with van der Waals surface area (Å²) in [4.78, 5) is 13.2. The number of nitrogens with zero attached hydrogens (tertiary/aromatic N) is 1. The third-order valence-electron chi connectivity index (χ3n) is 4.52. The van der Waals surface area contributed by atoms with Crippen molar-refractivity contribution in [2.45, 2.75) is 43.7 Å². The first-order valence-corrected chi connectivity index (χ1v) is 7.16. The highest BCUT2D eigenvalue weighted by molar-refractivity contribution is 6.08. The molecule has 1 amide bonds. The summed E-state index contributed by atoms with van der Waals surface area (Å²) >= 11 is 0. The summed E-state index contributed by atoms with van der Waals surface area (Å²) in [5.41, 5.74) is -1.35. The molecule has 1 fully saturated rings. The van der Waals surface area contributed by atoms with E-state index in [9.17, 15) is 27.5 Å². The first kappa shape index (κ1) is 15.1. The zero-order valence-corrected chi connectivity index (χ0v) is 11.7. The highest BCUT2D eigenvalue weighted by atomic mass is 19.4. The fourth-order valence-electron chi connectivity index (χ4n) is 3.70. The molecule has 1 aliphatic heterocycles. The van der Waals surface area contributed by atoms with Crippen LogP contribution in [0.3, 0.4) is 0 Å². The van der Waals surface area contributed by atoms with Gasteiger partial charge >= 0.3 is 6.18 Å². The van der Waals surface area contributed by atoms with Crippen LogP contribution >= 0.6 is 0 Å². The molecule has 1 spiro atoms. The van der Waals surface area contributed by atoms with Crippen molar-refractivity contribution in [3.8, 4) is 5.75 Å². The Morgan fingerprint density at radius 3 is 2.41 bits per heavy atom. The predicted molar refractivity (Wildman–Crippen MR) is 71.2 cm³/mol. The molecule has 7 heteroatoms. The first-order valence-electron chi connectivity index (χ1n) is 7.16. The number of carbonyl (C=O) groups is 1. The zero-order chi connectivity index (χ0) is 16.1. The predicted octanol–water partition coefficient (Wildman–Crippen LogP) is 3.64. The molecule has 22 heavy (non-hydrogen) atoms. The molecule has 2 aliphatic rings. The number of benzene rings is 1. The number of aromatic hydroxyl groups is 1. The van der Waals surface area contributed by atoms with Crippen LogP contribution in [0.4, 0.5) is 23.2 Å². The highest BCUT2D eigenvalue weighted by Crippen LogP contribution is 2.52. The maximum atomic E-state index is 14.3. The summed E-state index contributed by atoms with van der Waals surface area (Å²) in [5.74, 6) is -2.00. The van der Waals surface area contributed by atoms with E-state index in [0.29, 0.717) is 30.6 Å². The lowest BCUT2D eigenvalue weighted by molar-refractivity contribution is -0.135. The lowest BCUT2D eigenvalue weighted by Crippen LogP contribution is -2.45. The molecule has 120 valence electrons. The van der Waals surface area contributed by atoms with Crippen LogP contribution in [0, 0.1) is 5.82 Å². The zero-order valence-electron chi connectivity index (χ0n) is 11.7. The van der Waals surface area contributed by atoms with Gasteiger partial charge in [-0.2, -0.15) is 13.2 Å². The Morgan fingerprint density at radius 2 is 1.82 bits per heavy atom. The molecule has 0 atom stereocenters. The van der Waals surface area contributed by atoms with Crippen LogP contribution in [0.1, 0.15) is 37.7 Å². The largest absolute Gasteiger partial charge is 0.508 e. The molecule has 0 unspecified atom stereocenters. The molecule has 3 nitrogen and oxygen atoms in total. The van der Waals surface area contributed by atoms with E-state index in [1.807, 2.05) is 0 Å². The Labute approximate surface area is 124 Å². The van der Waals surface area contributed by atoms with E-state index in [0.717, 1.165) is 18.6 Å². The number of carbonyl (C=O) groups excluding carboxylic acids is 1. The van der Waals surface area contributed by atoms with E-state index in [2.05, 4.69) is 0 Å². The molecule has 3 rings (SSSR count). The fourth-order valence-corrected chi connectivity index (χ4v) is 3.70. The molecular formula is C15H15F4NO2. The lowest BCUT2D eigenvalue weighted by atomic mass is 9.70. The summed E-state index contributed by atoms with van der Waals surface area (Å²) in [6.45, 7) is -1.47. The van der Waals surface area contributed by atoms with Gasteiger partial charge in [0.25, 0.3) is 0 Å². The van der Waals surface area contributed by atoms with Crippen LogP contribution < -0.4 is 4.90 Å². The lowest BCUT2D eigenvalue weighted by Gasteiger charge is -2.32. The minimum absolute atomic E-state index is 0.0132. The van der Waals surface area contributed by atoms with E-state index in [1.165, 1.54) is 0 Å². The van der Waals surface area contributed by atoms with Gasteiger partial charge in [-0.3, -0.25) is 4.79 Å². The van der Waals surface area contributed by atoms with Crippen LogP contribution in [0.25, 0.3) is 0 Å². The van der Waals surface area contributed by atoms with Crippen molar-refractivity contribution >= 4 is 11.6 Å². The molecule has 0 saturated heterocycles. The number of alkyl halides is 3. The van der Waals surface area contributed by atoms with Gasteiger partial charge in [0.15, 0.2) is 0 Å². The number of anilines is 1. The third-order valence-corrected chi connectivity index (χ3v) is 4.52. The smallest absolute Gasteiger partial charge is 0.406 e. The van der Waals surface area contributed by atoms with Gasteiger partial charge in [0, 0.05) is 17.7 Å².